The highest BCUT2D eigenvalue weighted by atomic mass is 16.5. The quantitative estimate of drug-likeness (QED) is 0.749. The highest BCUT2D eigenvalue weighted by molar-refractivity contribution is 5.92. The Hall–Kier alpha value is -2.88. The molecular formula is C18H15NO3. The molecule has 0 spiro atoms. The topological polar surface area (TPSA) is 59.4 Å². The van der Waals surface area contributed by atoms with Crippen LogP contribution < -0.4 is 0 Å². The molecule has 0 bridgehead atoms. The van der Waals surface area contributed by atoms with Gasteiger partial charge in [-0.1, -0.05) is 35.9 Å². The van der Waals surface area contributed by atoms with E-state index in [1.165, 1.54) is 6.07 Å². The molecule has 1 aromatic heterocycles. The number of carbonyl (C=O) groups is 1. The zero-order chi connectivity index (χ0) is 15.5. The van der Waals surface area contributed by atoms with Gasteiger partial charge in [-0.3, -0.25) is 4.98 Å². The maximum absolute atomic E-state index is 12.1. The summed E-state index contributed by atoms with van der Waals surface area (Å²) >= 11 is 0. The zero-order valence-corrected chi connectivity index (χ0v) is 12.1. The molecule has 0 aliphatic heterocycles. The van der Waals surface area contributed by atoms with E-state index >= 15 is 0 Å². The SMILES string of the molecule is Cc1ccc(O)c(C(=O)OCc2cccc3cccnc23)c1. The molecule has 0 aliphatic rings. The predicted molar refractivity (Wildman–Crippen MR) is 83.7 cm³/mol. The second kappa shape index (κ2) is 5.85. The third kappa shape index (κ3) is 2.76. The van der Waals surface area contributed by atoms with Crippen molar-refractivity contribution in [3.63, 3.8) is 0 Å². The van der Waals surface area contributed by atoms with Crippen LogP contribution in [0.3, 0.4) is 0 Å². The number of aromatic hydroxyl groups is 1. The number of carbonyl (C=O) groups excluding carboxylic acids is 1. The summed E-state index contributed by atoms with van der Waals surface area (Å²) in [6.07, 6.45) is 1.71. The van der Waals surface area contributed by atoms with Crippen molar-refractivity contribution >= 4 is 16.9 Å². The standard InChI is InChI=1S/C18H15NO3/c1-12-7-8-16(20)15(10-12)18(21)22-11-14-5-2-4-13-6-3-9-19-17(13)14/h2-10,20H,11H2,1H3. The van der Waals surface area contributed by atoms with E-state index in [1.54, 1.807) is 18.3 Å². The number of phenolic OH excluding ortho intramolecular Hbond substituents is 1. The first-order chi connectivity index (χ1) is 10.6. The number of nitrogens with zero attached hydrogens (tertiary/aromatic N) is 1. The molecule has 3 aromatic rings. The Labute approximate surface area is 128 Å². The minimum absolute atomic E-state index is 0.0772. The Morgan fingerprint density at radius 3 is 2.86 bits per heavy atom. The summed E-state index contributed by atoms with van der Waals surface area (Å²) in [5.41, 5.74) is 2.70. The summed E-state index contributed by atoms with van der Waals surface area (Å²) in [5.74, 6) is -0.624. The molecule has 2 aromatic carbocycles. The van der Waals surface area contributed by atoms with Crippen molar-refractivity contribution in [1.29, 1.82) is 0 Å². The summed E-state index contributed by atoms with van der Waals surface area (Å²) in [4.78, 5) is 16.4. The number of hydrogen-bond donors (Lipinski definition) is 1. The summed E-state index contributed by atoms with van der Waals surface area (Å²) in [5, 5.41) is 10.8. The van der Waals surface area contributed by atoms with E-state index in [4.69, 9.17) is 4.74 Å². The molecular weight excluding hydrogens is 278 g/mol. The smallest absolute Gasteiger partial charge is 0.342 e. The third-order valence-corrected chi connectivity index (χ3v) is 3.45. The molecule has 110 valence electrons. The Balaban J connectivity index is 1.82. The van der Waals surface area contributed by atoms with Gasteiger partial charge in [-0.05, 0) is 25.1 Å². The molecule has 22 heavy (non-hydrogen) atoms. The highest BCUT2D eigenvalue weighted by Gasteiger charge is 2.13. The number of aromatic nitrogens is 1. The van der Waals surface area contributed by atoms with Crippen molar-refractivity contribution in [3.05, 3.63) is 71.4 Å². The number of para-hydroxylation sites is 1. The fourth-order valence-corrected chi connectivity index (χ4v) is 2.32. The van der Waals surface area contributed by atoms with Crippen LogP contribution in [0.4, 0.5) is 0 Å². The first kappa shape index (κ1) is 14.1. The number of rotatable bonds is 3. The maximum atomic E-state index is 12.1. The molecule has 1 heterocycles. The van der Waals surface area contributed by atoms with Crippen LogP contribution in [-0.4, -0.2) is 16.1 Å². The summed E-state index contributed by atoms with van der Waals surface area (Å²) in [6.45, 7) is 1.96. The highest BCUT2D eigenvalue weighted by Crippen LogP contribution is 2.21. The number of benzene rings is 2. The van der Waals surface area contributed by atoms with E-state index in [0.29, 0.717) is 0 Å². The van der Waals surface area contributed by atoms with E-state index in [2.05, 4.69) is 4.98 Å². The van der Waals surface area contributed by atoms with E-state index in [-0.39, 0.29) is 17.9 Å². The van der Waals surface area contributed by atoms with Gasteiger partial charge in [0.15, 0.2) is 0 Å². The molecule has 0 fully saturated rings. The van der Waals surface area contributed by atoms with Gasteiger partial charge >= 0.3 is 5.97 Å². The first-order valence-electron chi connectivity index (χ1n) is 6.94. The van der Waals surface area contributed by atoms with E-state index in [1.807, 2.05) is 37.3 Å². The number of phenols is 1. The molecule has 3 rings (SSSR count). The molecule has 0 amide bonds. The van der Waals surface area contributed by atoms with Crippen LogP contribution in [0.2, 0.25) is 0 Å². The predicted octanol–water partition coefficient (Wildman–Crippen LogP) is 3.61. The van der Waals surface area contributed by atoms with Gasteiger partial charge in [0.2, 0.25) is 0 Å². The van der Waals surface area contributed by atoms with Gasteiger partial charge in [0, 0.05) is 17.1 Å². The second-order valence-corrected chi connectivity index (χ2v) is 5.09. The largest absolute Gasteiger partial charge is 0.507 e. The lowest BCUT2D eigenvalue weighted by Gasteiger charge is -2.09. The maximum Gasteiger partial charge on any atom is 0.342 e. The van der Waals surface area contributed by atoms with Crippen molar-refractivity contribution < 1.29 is 14.6 Å². The first-order valence-corrected chi connectivity index (χ1v) is 6.94. The van der Waals surface area contributed by atoms with Gasteiger partial charge in [0.1, 0.15) is 17.9 Å². The molecule has 0 saturated carbocycles. The van der Waals surface area contributed by atoms with Crippen LogP contribution in [0.5, 0.6) is 5.75 Å². The number of hydrogen-bond acceptors (Lipinski definition) is 4. The molecule has 0 atom stereocenters. The zero-order valence-electron chi connectivity index (χ0n) is 12.1. The van der Waals surface area contributed by atoms with Gasteiger partial charge in [0.25, 0.3) is 0 Å². The molecule has 4 heteroatoms. The van der Waals surface area contributed by atoms with Gasteiger partial charge < -0.3 is 9.84 Å². The van der Waals surface area contributed by atoms with E-state index in [0.717, 1.165) is 22.0 Å². The fraction of sp³-hybridized carbons (Fsp3) is 0.111. The summed E-state index contributed by atoms with van der Waals surface area (Å²) < 4.78 is 5.32. The van der Waals surface area contributed by atoms with Crippen LogP contribution in [-0.2, 0) is 11.3 Å². The molecule has 0 saturated heterocycles. The minimum Gasteiger partial charge on any atom is -0.507 e. The van der Waals surface area contributed by atoms with Crippen LogP contribution in [0.1, 0.15) is 21.5 Å². The van der Waals surface area contributed by atoms with E-state index < -0.39 is 5.97 Å². The fourth-order valence-electron chi connectivity index (χ4n) is 2.32. The lowest BCUT2D eigenvalue weighted by atomic mass is 10.1. The number of ether oxygens (including phenoxy) is 1. The summed E-state index contributed by atoms with van der Waals surface area (Å²) in [7, 11) is 0. The Morgan fingerprint density at radius 2 is 2.00 bits per heavy atom. The van der Waals surface area contributed by atoms with Gasteiger partial charge in [-0.2, -0.15) is 0 Å². The van der Waals surface area contributed by atoms with Crippen molar-refractivity contribution in [2.75, 3.05) is 0 Å². The van der Waals surface area contributed by atoms with Crippen LogP contribution >= 0.6 is 0 Å². The Bertz CT molecular complexity index is 837. The molecule has 0 radical (unpaired) electrons. The lowest BCUT2D eigenvalue weighted by molar-refractivity contribution is 0.0471. The normalized spacial score (nSPS) is 10.6. The monoisotopic (exact) mass is 293 g/mol. The summed E-state index contributed by atoms with van der Waals surface area (Å²) in [6, 6.07) is 14.4. The average molecular weight is 293 g/mol. The number of aryl methyl sites for hydroxylation is 1. The van der Waals surface area contributed by atoms with Gasteiger partial charge in [0.05, 0.1) is 5.52 Å². The van der Waals surface area contributed by atoms with Crippen molar-refractivity contribution in [3.8, 4) is 5.75 Å². The number of pyridine rings is 1. The second-order valence-electron chi connectivity index (χ2n) is 5.09. The van der Waals surface area contributed by atoms with Crippen molar-refractivity contribution in [2.24, 2.45) is 0 Å². The molecule has 4 nitrogen and oxygen atoms in total. The number of fused-ring (bicyclic) bond motifs is 1. The van der Waals surface area contributed by atoms with Gasteiger partial charge in [-0.15, -0.1) is 0 Å². The minimum atomic E-state index is -0.547. The van der Waals surface area contributed by atoms with Crippen molar-refractivity contribution in [2.45, 2.75) is 13.5 Å². The van der Waals surface area contributed by atoms with Crippen molar-refractivity contribution in [1.82, 2.24) is 4.98 Å². The molecule has 1 N–H and O–H groups in total. The van der Waals surface area contributed by atoms with E-state index in [9.17, 15) is 9.90 Å². The lowest BCUT2D eigenvalue weighted by Crippen LogP contribution is -2.06. The third-order valence-electron chi connectivity index (χ3n) is 3.45. The molecule has 0 unspecified atom stereocenters. The average Bonchev–Trinajstić information content (AvgIpc) is 2.54. The Morgan fingerprint density at radius 1 is 1.18 bits per heavy atom. The van der Waals surface area contributed by atoms with Gasteiger partial charge in [-0.25, -0.2) is 4.79 Å². The van der Waals surface area contributed by atoms with Crippen LogP contribution in [0, 0.1) is 6.92 Å². The number of esters is 1. The van der Waals surface area contributed by atoms with Crippen LogP contribution in [0.25, 0.3) is 10.9 Å². The Kier molecular flexibility index (Phi) is 3.74. The molecule has 0 aliphatic carbocycles. The van der Waals surface area contributed by atoms with Crippen LogP contribution in [0.15, 0.2) is 54.7 Å².